The third-order valence-corrected chi connectivity index (χ3v) is 3.06. The molecule has 1 atom stereocenters. The van der Waals surface area contributed by atoms with Crippen LogP contribution < -0.4 is 0 Å². The number of rotatable bonds is 10. The van der Waals surface area contributed by atoms with Crippen molar-refractivity contribution < 1.29 is 0 Å². The third-order valence-electron chi connectivity index (χ3n) is 3.06. The Morgan fingerprint density at radius 1 is 0.800 bits per heavy atom. The van der Waals surface area contributed by atoms with Gasteiger partial charge >= 0.3 is 0 Å². The highest BCUT2D eigenvalue weighted by atomic mass is 14.1. The molecule has 0 radical (unpaired) electrons. The normalized spacial score (nSPS) is 13.5. The maximum Gasteiger partial charge on any atom is -0.0348 e. The Bertz CT molecular complexity index is 135. The van der Waals surface area contributed by atoms with E-state index in [2.05, 4.69) is 32.9 Å². The van der Waals surface area contributed by atoms with Crippen molar-refractivity contribution in [3.63, 3.8) is 0 Å². The number of hydrogen-bond donors (Lipinski definition) is 0. The van der Waals surface area contributed by atoms with Gasteiger partial charge in [-0.2, -0.15) is 0 Å². The molecule has 0 aliphatic rings. The summed E-state index contributed by atoms with van der Waals surface area (Å²) in [6, 6.07) is 0. The molecule has 0 aromatic rings. The molecule has 0 amide bonds. The van der Waals surface area contributed by atoms with Crippen molar-refractivity contribution in [2.75, 3.05) is 0 Å². The zero-order chi connectivity index (χ0) is 11.4. The maximum absolute atomic E-state index is 2.36. The van der Waals surface area contributed by atoms with Crippen LogP contribution in [0.3, 0.4) is 0 Å². The van der Waals surface area contributed by atoms with Crippen LogP contribution in [0.2, 0.25) is 0 Å². The minimum Gasteiger partial charge on any atom is -0.0888 e. The van der Waals surface area contributed by atoms with E-state index in [1.807, 2.05) is 0 Å². The van der Waals surface area contributed by atoms with Crippen molar-refractivity contribution in [1.82, 2.24) is 0 Å². The molecule has 0 heteroatoms. The summed E-state index contributed by atoms with van der Waals surface area (Å²) in [7, 11) is 0. The SMILES string of the molecule is CCC=CCCC(CCC)CCCCC. The molecule has 0 heterocycles. The second-order valence-corrected chi connectivity index (χ2v) is 4.61. The van der Waals surface area contributed by atoms with Gasteiger partial charge in [-0.05, 0) is 25.2 Å². The van der Waals surface area contributed by atoms with E-state index in [1.165, 1.54) is 57.8 Å². The Hall–Kier alpha value is -0.260. The summed E-state index contributed by atoms with van der Waals surface area (Å²) in [5.74, 6) is 0.989. The van der Waals surface area contributed by atoms with Crippen LogP contribution in [0.5, 0.6) is 0 Å². The van der Waals surface area contributed by atoms with Crippen LogP contribution in [0.1, 0.15) is 78.6 Å². The summed E-state index contributed by atoms with van der Waals surface area (Å²) in [5, 5.41) is 0. The smallest absolute Gasteiger partial charge is 0.0348 e. The Balaban J connectivity index is 3.57. The van der Waals surface area contributed by atoms with Gasteiger partial charge in [-0.3, -0.25) is 0 Å². The van der Waals surface area contributed by atoms with Gasteiger partial charge in [0.2, 0.25) is 0 Å². The number of unbranched alkanes of at least 4 members (excludes halogenated alkanes) is 2. The molecule has 0 rings (SSSR count). The molecule has 0 saturated heterocycles. The average Bonchev–Trinajstić information content (AvgIpc) is 2.24. The minimum atomic E-state index is 0.989. The van der Waals surface area contributed by atoms with Crippen LogP contribution in [0, 0.1) is 5.92 Å². The fourth-order valence-electron chi connectivity index (χ4n) is 2.14. The monoisotopic (exact) mass is 210 g/mol. The zero-order valence-corrected chi connectivity index (χ0v) is 11.1. The summed E-state index contributed by atoms with van der Waals surface area (Å²) in [6.07, 6.45) is 17.0. The third kappa shape index (κ3) is 10.0. The van der Waals surface area contributed by atoms with E-state index in [0.717, 1.165) is 5.92 Å². The molecule has 90 valence electrons. The van der Waals surface area contributed by atoms with Gasteiger partial charge in [0.25, 0.3) is 0 Å². The van der Waals surface area contributed by atoms with Gasteiger partial charge in [0.05, 0.1) is 0 Å². The van der Waals surface area contributed by atoms with E-state index in [4.69, 9.17) is 0 Å². The number of allylic oxidation sites excluding steroid dienone is 2. The summed E-state index contributed by atoms with van der Waals surface area (Å²) < 4.78 is 0. The highest BCUT2D eigenvalue weighted by Gasteiger charge is 2.05. The predicted molar refractivity (Wildman–Crippen MR) is 71.2 cm³/mol. The van der Waals surface area contributed by atoms with E-state index in [0.29, 0.717) is 0 Å². The largest absolute Gasteiger partial charge is 0.0888 e. The van der Waals surface area contributed by atoms with Gasteiger partial charge in [-0.25, -0.2) is 0 Å². The zero-order valence-electron chi connectivity index (χ0n) is 11.1. The van der Waals surface area contributed by atoms with Crippen molar-refractivity contribution in [1.29, 1.82) is 0 Å². The molecule has 0 N–H and O–H groups in total. The van der Waals surface area contributed by atoms with E-state index in [-0.39, 0.29) is 0 Å². The highest BCUT2D eigenvalue weighted by Crippen LogP contribution is 2.21. The van der Waals surface area contributed by atoms with E-state index in [9.17, 15) is 0 Å². The van der Waals surface area contributed by atoms with Gasteiger partial charge in [-0.15, -0.1) is 0 Å². The standard InChI is InChI=1S/C15H30/c1-4-7-9-11-14-15(12-6-3)13-10-8-5-2/h7,9,15H,4-6,8,10-14H2,1-3H3. The van der Waals surface area contributed by atoms with Crippen LogP contribution in [-0.4, -0.2) is 0 Å². The molecular formula is C15H30. The average molecular weight is 210 g/mol. The van der Waals surface area contributed by atoms with Crippen molar-refractivity contribution in [2.24, 2.45) is 5.92 Å². The first-order valence-electron chi connectivity index (χ1n) is 7.00. The molecule has 1 unspecified atom stereocenters. The van der Waals surface area contributed by atoms with Crippen LogP contribution in [0.4, 0.5) is 0 Å². The highest BCUT2D eigenvalue weighted by molar-refractivity contribution is 4.80. The van der Waals surface area contributed by atoms with Crippen molar-refractivity contribution >= 4 is 0 Å². The van der Waals surface area contributed by atoms with Crippen LogP contribution in [0.25, 0.3) is 0 Å². The lowest BCUT2D eigenvalue weighted by molar-refractivity contribution is 0.400. The minimum absolute atomic E-state index is 0.989. The maximum atomic E-state index is 2.36. The number of hydrogen-bond acceptors (Lipinski definition) is 0. The van der Waals surface area contributed by atoms with E-state index in [1.54, 1.807) is 0 Å². The fourth-order valence-corrected chi connectivity index (χ4v) is 2.14. The summed E-state index contributed by atoms with van der Waals surface area (Å²) in [5.41, 5.74) is 0. The Labute approximate surface area is 97.2 Å². The van der Waals surface area contributed by atoms with Crippen LogP contribution in [-0.2, 0) is 0 Å². The summed E-state index contributed by atoms with van der Waals surface area (Å²) >= 11 is 0. The quantitative estimate of drug-likeness (QED) is 0.319. The topological polar surface area (TPSA) is 0 Å². The molecule has 0 aromatic carbocycles. The van der Waals surface area contributed by atoms with E-state index < -0.39 is 0 Å². The van der Waals surface area contributed by atoms with Gasteiger partial charge in [0, 0.05) is 0 Å². The summed E-state index contributed by atoms with van der Waals surface area (Å²) in [6.45, 7) is 6.81. The molecule has 0 aliphatic heterocycles. The Morgan fingerprint density at radius 3 is 2.20 bits per heavy atom. The molecule has 0 fully saturated rings. The lowest BCUT2D eigenvalue weighted by Crippen LogP contribution is -1.99. The molecule has 0 aliphatic carbocycles. The molecule has 0 nitrogen and oxygen atoms in total. The second kappa shape index (κ2) is 11.8. The Kier molecular flexibility index (Phi) is 11.6. The van der Waals surface area contributed by atoms with Gasteiger partial charge < -0.3 is 0 Å². The predicted octanol–water partition coefficient (Wildman–Crippen LogP) is 5.73. The van der Waals surface area contributed by atoms with Crippen molar-refractivity contribution in [3.8, 4) is 0 Å². The Morgan fingerprint density at radius 2 is 1.60 bits per heavy atom. The molecule has 0 bridgehead atoms. The van der Waals surface area contributed by atoms with E-state index >= 15 is 0 Å². The van der Waals surface area contributed by atoms with Gasteiger partial charge in [0.15, 0.2) is 0 Å². The van der Waals surface area contributed by atoms with Gasteiger partial charge in [-0.1, -0.05) is 71.4 Å². The first-order chi connectivity index (χ1) is 7.35. The lowest BCUT2D eigenvalue weighted by atomic mass is 9.92. The molecule has 15 heavy (non-hydrogen) atoms. The van der Waals surface area contributed by atoms with Crippen molar-refractivity contribution in [3.05, 3.63) is 12.2 Å². The second-order valence-electron chi connectivity index (χ2n) is 4.61. The first-order valence-corrected chi connectivity index (χ1v) is 7.00. The van der Waals surface area contributed by atoms with Crippen LogP contribution >= 0.6 is 0 Å². The van der Waals surface area contributed by atoms with Gasteiger partial charge in [0.1, 0.15) is 0 Å². The first kappa shape index (κ1) is 14.7. The molecular weight excluding hydrogens is 180 g/mol. The van der Waals surface area contributed by atoms with Crippen molar-refractivity contribution in [2.45, 2.75) is 78.6 Å². The molecule has 0 spiro atoms. The van der Waals surface area contributed by atoms with Crippen LogP contribution in [0.15, 0.2) is 12.2 Å². The lowest BCUT2D eigenvalue weighted by Gasteiger charge is -2.14. The summed E-state index contributed by atoms with van der Waals surface area (Å²) in [4.78, 5) is 0. The molecule has 0 aromatic heterocycles. The molecule has 0 saturated carbocycles. The fraction of sp³-hybridized carbons (Fsp3) is 0.867.